The summed E-state index contributed by atoms with van der Waals surface area (Å²) in [6.07, 6.45) is 20.4. The molecule has 0 fully saturated rings. The lowest BCUT2D eigenvalue weighted by atomic mass is 10.1. The maximum absolute atomic E-state index is 4.62. The SMILES string of the molecule is C1=CC(CCn2ccc(C3C=CC=C3)n2)C=C1. The summed E-state index contributed by atoms with van der Waals surface area (Å²) in [4.78, 5) is 0. The van der Waals surface area contributed by atoms with Crippen LogP contribution in [0.2, 0.25) is 0 Å². The van der Waals surface area contributed by atoms with E-state index in [-0.39, 0.29) is 0 Å². The molecule has 0 amide bonds. The van der Waals surface area contributed by atoms with E-state index in [2.05, 4.69) is 70.7 Å². The van der Waals surface area contributed by atoms with Crippen LogP contribution in [0.25, 0.3) is 0 Å². The Bertz CT molecular complexity index is 479. The van der Waals surface area contributed by atoms with Gasteiger partial charge in [0.2, 0.25) is 0 Å². The highest BCUT2D eigenvalue weighted by molar-refractivity contribution is 5.29. The quantitative estimate of drug-likeness (QED) is 0.767. The molecule has 0 unspecified atom stereocenters. The molecule has 0 aliphatic heterocycles. The summed E-state index contributed by atoms with van der Waals surface area (Å²) >= 11 is 0. The van der Waals surface area contributed by atoms with Crippen molar-refractivity contribution in [3.63, 3.8) is 0 Å². The molecule has 2 nitrogen and oxygen atoms in total. The molecule has 1 aromatic heterocycles. The van der Waals surface area contributed by atoms with E-state index < -0.39 is 0 Å². The number of allylic oxidation sites excluding steroid dienone is 8. The average molecular weight is 224 g/mol. The lowest BCUT2D eigenvalue weighted by molar-refractivity contribution is 0.538. The number of hydrogen-bond donors (Lipinski definition) is 0. The third-order valence-corrected chi connectivity index (χ3v) is 3.27. The predicted molar refractivity (Wildman–Crippen MR) is 69.6 cm³/mol. The Kier molecular flexibility index (Phi) is 2.78. The Labute approximate surface area is 102 Å². The first-order valence-electron chi connectivity index (χ1n) is 6.15. The Morgan fingerprint density at radius 3 is 2.47 bits per heavy atom. The summed E-state index contributed by atoms with van der Waals surface area (Å²) in [5.41, 5.74) is 1.15. The summed E-state index contributed by atoms with van der Waals surface area (Å²) in [5.74, 6) is 0.969. The fraction of sp³-hybridized carbons (Fsp3) is 0.267. The Morgan fingerprint density at radius 2 is 1.71 bits per heavy atom. The van der Waals surface area contributed by atoms with Crippen LogP contribution in [0.5, 0.6) is 0 Å². The second-order valence-corrected chi connectivity index (χ2v) is 4.52. The molecule has 0 radical (unpaired) electrons. The third kappa shape index (κ3) is 2.31. The van der Waals surface area contributed by atoms with Gasteiger partial charge < -0.3 is 0 Å². The first kappa shape index (κ1) is 10.3. The molecular weight excluding hydrogens is 208 g/mol. The average Bonchev–Trinajstić information content (AvgIpc) is 3.09. The van der Waals surface area contributed by atoms with Crippen molar-refractivity contribution in [3.05, 3.63) is 66.6 Å². The van der Waals surface area contributed by atoms with E-state index in [1.165, 1.54) is 0 Å². The van der Waals surface area contributed by atoms with E-state index in [4.69, 9.17) is 0 Å². The minimum absolute atomic E-state index is 0.377. The van der Waals surface area contributed by atoms with Gasteiger partial charge in [0.05, 0.1) is 5.69 Å². The summed E-state index contributed by atoms with van der Waals surface area (Å²) in [6.45, 7) is 0.986. The van der Waals surface area contributed by atoms with Crippen LogP contribution in [0.4, 0.5) is 0 Å². The molecule has 0 bridgehead atoms. The van der Waals surface area contributed by atoms with Crippen molar-refractivity contribution in [3.8, 4) is 0 Å². The maximum Gasteiger partial charge on any atom is 0.0731 e. The van der Waals surface area contributed by atoms with Crippen LogP contribution in [0.15, 0.2) is 60.9 Å². The van der Waals surface area contributed by atoms with Crippen LogP contribution >= 0.6 is 0 Å². The van der Waals surface area contributed by atoms with Gasteiger partial charge in [-0.05, 0) is 18.4 Å². The van der Waals surface area contributed by atoms with Gasteiger partial charge in [-0.3, -0.25) is 4.68 Å². The molecule has 1 heterocycles. The number of rotatable bonds is 4. The number of nitrogens with zero attached hydrogens (tertiary/aromatic N) is 2. The van der Waals surface area contributed by atoms with E-state index in [1.807, 2.05) is 0 Å². The fourth-order valence-corrected chi connectivity index (χ4v) is 2.26. The van der Waals surface area contributed by atoms with E-state index in [9.17, 15) is 0 Å². The number of hydrogen-bond acceptors (Lipinski definition) is 1. The van der Waals surface area contributed by atoms with Crippen molar-refractivity contribution in [2.75, 3.05) is 0 Å². The second kappa shape index (κ2) is 4.58. The molecule has 0 aromatic carbocycles. The van der Waals surface area contributed by atoms with Crippen molar-refractivity contribution in [2.24, 2.45) is 5.92 Å². The van der Waals surface area contributed by atoms with Crippen LogP contribution < -0.4 is 0 Å². The van der Waals surface area contributed by atoms with Crippen LogP contribution in [-0.2, 0) is 6.54 Å². The summed E-state index contributed by atoms with van der Waals surface area (Å²) < 4.78 is 2.05. The number of aryl methyl sites for hydroxylation is 1. The van der Waals surface area contributed by atoms with Crippen molar-refractivity contribution < 1.29 is 0 Å². The molecule has 0 N–H and O–H groups in total. The lowest BCUT2D eigenvalue weighted by Gasteiger charge is -2.05. The van der Waals surface area contributed by atoms with Crippen molar-refractivity contribution in [1.29, 1.82) is 0 Å². The molecule has 0 saturated carbocycles. The summed E-state index contributed by atoms with van der Waals surface area (Å²) in [6, 6.07) is 2.12. The zero-order valence-electron chi connectivity index (χ0n) is 9.74. The monoisotopic (exact) mass is 224 g/mol. The molecule has 2 heteroatoms. The van der Waals surface area contributed by atoms with Gasteiger partial charge in [-0.25, -0.2) is 0 Å². The normalized spacial score (nSPS) is 18.8. The highest BCUT2D eigenvalue weighted by Gasteiger charge is 2.10. The van der Waals surface area contributed by atoms with Gasteiger partial charge in [-0.15, -0.1) is 0 Å². The summed E-state index contributed by atoms with van der Waals surface area (Å²) in [7, 11) is 0. The van der Waals surface area contributed by atoms with Crippen molar-refractivity contribution >= 4 is 0 Å². The van der Waals surface area contributed by atoms with Gasteiger partial charge in [-0.2, -0.15) is 5.10 Å². The zero-order valence-corrected chi connectivity index (χ0v) is 9.74. The van der Waals surface area contributed by atoms with Crippen molar-refractivity contribution in [2.45, 2.75) is 18.9 Å². The first-order chi connectivity index (χ1) is 8.42. The Hall–Kier alpha value is -1.83. The highest BCUT2D eigenvalue weighted by atomic mass is 15.3. The van der Waals surface area contributed by atoms with Crippen LogP contribution in [0, 0.1) is 5.92 Å². The Morgan fingerprint density at radius 1 is 1.00 bits per heavy atom. The standard InChI is InChI=1S/C15H16N2/c1-2-6-13(5-1)9-11-17-12-10-15(16-17)14-7-3-4-8-14/h1-8,10,12-14H,9,11H2. The van der Waals surface area contributed by atoms with Crippen LogP contribution in [-0.4, -0.2) is 9.78 Å². The minimum atomic E-state index is 0.377. The predicted octanol–water partition coefficient (Wildman–Crippen LogP) is 3.23. The highest BCUT2D eigenvalue weighted by Crippen LogP contribution is 2.21. The molecule has 2 aliphatic rings. The topological polar surface area (TPSA) is 17.8 Å². The fourth-order valence-electron chi connectivity index (χ4n) is 2.26. The van der Waals surface area contributed by atoms with Gasteiger partial charge >= 0.3 is 0 Å². The maximum atomic E-state index is 4.62. The van der Waals surface area contributed by atoms with Gasteiger partial charge in [0.15, 0.2) is 0 Å². The molecule has 2 aliphatic carbocycles. The smallest absolute Gasteiger partial charge is 0.0731 e. The molecule has 0 atom stereocenters. The van der Waals surface area contributed by atoms with Crippen molar-refractivity contribution in [1.82, 2.24) is 9.78 Å². The zero-order chi connectivity index (χ0) is 11.5. The van der Waals surface area contributed by atoms with Gasteiger partial charge in [0, 0.05) is 18.7 Å². The molecule has 86 valence electrons. The summed E-state index contributed by atoms with van der Waals surface area (Å²) in [5, 5.41) is 4.62. The number of aromatic nitrogens is 2. The van der Waals surface area contributed by atoms with E-state index >= 15 is 0 Å². The Balaban J connectivity index is 1.60. The van der Waals surface area contributed by atoms with Crippen LogP contribution in [0.1, 0.15) is 18.0 Å². The van der Waals surface area contributed by atoms with Gasteiger partial charge in [0.25, 0.3) is 0 Å². The molecule has 17 heavy (non-hydrogen) atoms. The minimum Gasteiger partial charge on any atom is -0.272 e. The second-order valence-electron chi connectivity index (χ2n) is 4.52. The molecule has 3 rings (SSSR count). The molecule has 0 spiro atoms. The first-order valence-corrected chi connectivity index (χ1v) is 6.15. The van der Waals surface area contributed by atoms with E-state index in [1.54, 1.807) is 0 Å². The van der Waals surface area contributed by atoms with E-state index in [0.29, 0.717) is 11.8 Å². The van der Waals surface area contributed by atoms with E-state index in [0.717, 1.165) is 18.7 Å². The lowest BCUT2D eigenvalue weighted by Crippen LogP contribution is -2.03. The molecule has 1 aromatic rings. The molecular formula is C15H16N2. The van der Waals surface area contributed by atoms with Gasteiger partial charge in [0.1, 0.15) is 0 Å². The third-order valence-electron chi connectivity index (χ3n) is 3.27. The largest absolute Gasteiger partial charge is 0.272 e. The van der Waals surface area contributed by atoms with Crippen LogP contribution in [0.3, 0.4) is 0 Å². The molecule has 0 saturated heterocycles. The van der Waals surface area contributed by atoms with Gasteiger partial charge in [-0.1, -0.05) is 48.6 Å².